The van der Waals surface area contributed by atoms with E-state index in [0.717, 1.165) is 0 Å². The molecule has 2 aromatic rings. The van der Waals surface area contributed by atoms with E-state index in [9.17, 15) is 18.0 Å². The summed E-state index contributed by atoms with van der Waals surface area (Å²) in [5, 5.41) is 0. The summed E-state index contributed by atoms with van der Waals surface area (Å²) in [7, 11) is 1.85. The Morgan fingerprint density at radius 2 is 1.81 bits per heavy atom. The van der Waals surface area contributed by atoms with Crippen molar-refractivity contribution < 1.29 is 22.7 Å². The molecule has 1 aromatic carbocycles. The van der Waals surface area contributed by atoms with E-state index in [-0.39, 0.29) is 0 Å². The molecule has 0 saturated carbocycles. The first kappa shape index (κ1) is 18.4. The number of hydrogen-bond acceptors (Lipinski definition) is 5. The number of aromatic nitrogens is 2. The first-order valence-corrected chi connectivity index (χ1v) is 8.24. The van der Waals surface area contributed by atoms with Crippen LogP contribution in [0.3, 0.4) is 0 Å². The van der Waals surface area contributed by atoms with E-state index in [1.807, 2.05) is 30.1 Å². The average molecular weight is 368 g/mol. The molecule has 0 radical (unpaired) electrons. The van der Waals surface area contributed by atoms with Crippen molar-refractivity contribution in [2.75, 3.05) is 36.5 Å². The van der Waals surface area contributed by atoms with Crippen LogP contribution >= 0.6 is 0 Å². The predicted octanol–water partition coefficient (Wildman–Crippen LogP) is 2.77. The minimum absolute atomic E-state index is 0.336. The normalized spacial score (nSPS) is 16.3. The van der Waals surface area contributed by atoms with Crippen molar-refractivity contribution in [2.45, 2.75) is 25.6 Å². The Balaban J connectivity index is 1.94. The Hall–Kier alpha value is -2.42. The summed E-state index contributed by atoms with van der Waals surface area (Å²) in [6.07, 6.45) is -5.08. The van der Waals surface area contributed by atoms with Gasteiger partial charge >= 0.3 is 6.18 Å². The van der Waals surface area contributed by atoms with Crippen molar-refractivity contribution in [2.24, 2.45) is 0 Å². The number of amides is 1. The molecule has 1 aromatic heterocycles. The van der Waals surface area contributed by atoms with Gasteiger partial charge in [0.15, 0.2) is 11.6 Å². The van der Waals surface area contributed by atoms with Crippen LogP contribution in [-0.4, -0.2) is 54.9 Å². The molecule has 1 aliphatic rings. The van der Waals surface area contributed by atoms with Crippen molar-refractivity contribution in [3.8, 4) is 0 Å². The van der Waals surface area contributed by atoms with Crippen molar-refractivity contribution in [3.05, 3.63) is 24.3 Å². The second kappa shape index (κ2) is 7.06. The Labute approximate surface area is 148 Å². The molecule has 0 saturated heterocycles. The third-order valence-corrected chi connectivity index (χ3v) is 4.14. The van der Waals surface area contributed by atoms with Gasteiger partial charge in [-0.05, 0) is 25.5 Å². The second-order valence-electron chi connectivity index (χ2n) is 6.19. The zero-order valence-electron chi connectivity index (χ0n) is 14.5. The van der Waals surface area contributed by atoms with Crippen LogP contribution in [0, 0.1) is 0 Å². The molecular formula is C17H19F3N4O2. The van der Waals surface area contributed by atoms with Crippen molar-refractivity contribution in [3.63, 3.8) is 0 Å². The van der Waals surface area contributed by atoms with Crippen LogP contribution in [-0.2, 0) is 9.53 Å². The zero-order chi connectivity index (χ0) is 18.9. The number of para-hydroxylation sites is 2. The standard InChI is InChI=1S/C17H19F3N4O2/c1-11(26-10-17(18,19)20)16(25)24-9-5-8-23(2)14-15(24)22-13-7-4-3-6-12(13)21-14/h3-4,6-7,11H,5,8-10H2,1-2H3. The summed E-state index contributed by atoms with van der Waals surface area (Å²) in [6, 6.07) is 7.25. The number of nitrogens with zero attached hydrogens (tertiary/aromatic N) is 4. The number of benzene rings is 1. The molecule has 1 amide bonds. The Kier molecular flexibility index (Phi) is 4.99. The number of alkyl halides is 3. The molecule has 0 N–H and O–H groups in total. The lowest BCUT2D eigenvalue weighted by atomic mass is 10.2. The highest BCUT2D eigenvalue weighted by atomic mass is 19.4. The molecule has 1 atom stereocenters. The van der Waals surface area contributed by atoms with Gasteiger partial charge in [-0.15, -0.1) is 0 Å². The summed E-state index contributed by atoms with van der Waals surface area (Å²) in [5.41, 5.74) is 1.30. The fourth-order valence-electron chi connectivity index (χ4n) is 2.82. The molecule has 0 fully saturated rings. The lowest BCUT2D eigenvalue weighted by molar-refractivity contribution is -0.185. The molecule has 9 heteroatoms. The largest absolute Gasteiger partial charge is 0.411 e. The lowest BCUT2D eigenvalue weighted by Crippen LogP contribution is -2.41. The van der Waals surface area contributed by atoms with Gasteiger partial charge in [-0.1, -0.05) is 12.1 Å². The van der Waals surface area contributed by atoms with Gasteiger partial charge in [0.1, 0.15) is 12.7 Å². The van der Waals surface area contributed by atoms with Gasteiger partial charge in [-0.3, -0.25) is 9.69 Å². The summed E-state index contributed by atoms with van der Waals surface area (Å²) >= 11 is 0. The van der Waals surface area contributed by atoms with Crippen molar-refractivity contribution >= 4 is 28.6 Å². The molecule has 1 unspecified atom stereocenters. The summed E-state index contributed by atoms with van der Waals surface area (Å²) in [4.78, 5) is 25.1. The zero-order valence-corrected chi connectivity index (χ0v) is 14.5. The van der Waals surface area contributed by atoms with Crippen LogP contribution in [0.1, 0.15) is 13.3 Å². The highest BCUT2D eigenvalue weighted by Gasteiger charge is 2.33. The Bertz CT molecular complexity index is 812. The quantitative estimate of drug-likeness (QED) is 0.834. The Morgan fingerprint density at radius 1 is 1.19 bits per heavy atom. The topological polar surface area (TPSA) is 58.6 Å². The van der Waals surface area contributed by atoms with E-state index in [1.54, 1.807) is 6.07 Å². The number of carbonyl (C=O) groups excluding carboxylic acids is 1. The number of carbonyl (C=O) groups is 1. The van der Waals surface area contributed by atoms with Crippen LogP contribution in [0.25, 0.3) is 11.0 Å². The highest BCUT2D eigenvalue weighted by Crippen LogP contribution is 2.30. The summed E-state index contributed by atoms with van der Waals surface area (Å²) in [5.74, 6) is 0.309. The molecule has 0 bridgehead atoms. The maximum atomic E-state index is 12.7. The maximum absolute atomic E-state index is 12.7. The van der Waals surface area contributed by atoms with Gasteiger partial charge in [-0.25, -0.2) is 9.97 Å². The van der Waals surface area contributed by atoms with Crippen LogP contribution in [0.4, 0.5) is 24.8 Å². The van der Waals surface area contributed by atoms with Gasteiger partial charge in [0.05, 0.1) is 11.0 Å². The Morgan fingerprint density at radius 3 is 2.42 bits per heavy atom. The van der Waals surface area contributed by atoms with Crippen molar-refractivity contribution in [1.29, 1.82) is 0 Å². The van der Waals surface area contributed by atoms with E-state index < -0.39 is 24.8 Å². The third kappa shape index (κ3) is 3.87. The van der Waals surface area contributed by atoms with Crippen LogP contribution in [0.5, 0.6) is 0 Å². The van der Waals surface area contributed by atoms with Gasteiger partial charge in [0, 0.05) is 20.1 Å². The molecule has 2 heterocycles. The fraction of sp³-hybridized carbons (Fsp3) is 0.471. The maximum Gasteiger partial charge on any atom is 0.411 e. The van der Waals surface area contributed by atoms with E-state index in [1.165, 1.54) is 11.8 Å². The van der Waals surface area contributed by atoms with Crippen molar-refractivity contribution in [1.82, 2.24) is 9.97 Å². The van der Waals surface area contributed by atoms with Crippen LogP contribution in [0.15, 0.2) is 24.3 Å². The smallest absolute Gasteiger partial charge is 0.359 e. The third-order valence-electron chi connectivity index (χ3n) is 4.14. The van der Waals surface area contributed by atoms with Crippen LogP contribution < -0.4 is 9.80 Å². The first-order valence-electron chi connectivity index (χ1n) is 8.24. The molecule has 3 rings (SSSR count). The van der Waals surface area contributed by atoms with Gasteiger partial charge in [0.25, 0.3) is 5.91 Å². The summed E-state index contributed by atoms with van der Waals surface area (Å²) < 4.78 is 41.8. The molecule has 6 nitrogen and oxygen atoms in total. The van der Waals surface area contributed by atoms with Crippen LogP contribution in [0.2, 0.25) is 0 Å². The van der Waals surface area contributed by atoms with Gasteiger partial charge in [-0.2, -0.15) is 13.2 Å². The molecule has 0 spiro atoms. The molecular weight excluding hydrogens is 349 g/mol. The molecule has 26 heavy (non-hydrogen) atoms. The second-order valence-corrected chi connectivity index (χ2v) is 6.19. The van der Waals surface area contributed by atoms with Gasteiger partial charge < -0.3 is 9.64 Å². The minimum atomic E-state index is -4.48. The number of hydrogen-bond donors (Lipinski definition) is 0. The SMILES string of the molecule is CC(OCC(F)(F)F)C(=O)N1CCCN(C)c2nc3ccccc3nc21. The average Bonchev–Trinajstić information content (AvgIpc) is 2.75. The van der Waals surface area contributed by atoms with Gasteiger partial charge in [0.2, 0.25) is 0 Å². The number of rotatable bonds is 3. The predicted molar refractivity (Wildman–Crippen MR) is 91.2 cm³/mol. The van der Waals surface area contributed by atoms with E-state index in [0.29, 0.717) is 42.2 Å². The number of ether oxygens (including phenoxy) is 1. The number of fused-ring (bicyclic) bond motifs is 2. The molecule has 1 aliphatic heterocycles. The lowest BCUT2D eigenvalue weighted by Gasteiger charge is -2.25. The molecule has 140 valence electrons. The van der Waals surface area contributed by atoms with E-state index in [4.69, 9.17) is 4.74 Å². The molecule has 0 aliphatic carbocycles. The monoisotopic (exact) mass is 368 g/mol. The minimum Gasteiger partial charge on any atom is -0.359 e. The number of halogens is 3. The summed E-state index contributed by atoms with van der Waals surface area (Å²) in [6.45, 7) is 0.839. The highest BCUT2D eigenvalue weighted by molar-refractivity contribution is 5.99. The first-order chi connectivity index (χ1) is 12.3. The number of anilines is 2. The van der Waals surface area contributed by atoms with E-state index in [2.05, 4.69) is 9.97 Å². The van der Waals surface area contributed by atoms with E-state index >= 15 is 0 Å². The fourth-order valence-corrected chi connectivity index (χ4v) is 2.82.